The number of carbonyl (C=O) groups excluding carboxylic acids is 1. The Labute approximate surface area is 149 Å². The molecule has 0 radical (unpaired) electrons. The van der Waals surface area contributed by atoms with Gasteiger partial charge in [0, 0.05) is 24.9 Å². The van der Waals surface area contributed by atoms with E-state index in [-0.39, 0.29) is 18.5 Å². The molecule has 1 aromatic carbocycles. The van der Waals surface area contributed by atoms with Crippen LogP contribution in [0.1, 0.15) is 54.8 Å². The summed E-state index contributed by atoms with van der Waals surface area (Å²) in [6.45, 7) is 1.31. The lowest BCUT2D eigenvalue weighted by Gasteiger charge is -2.33. The maximum absolute atomic E-state index is 13.5. The summed E-state index contributed by atoms with van der Waals surface area (Å²) in [5.74, 6) is -0.223. The molecule has 2 heterocycles. The Kier molecular flexibility index (Phi) is 4.57. The summed E-state index contributed by atoms with van der Waals surface area (Å²) in [7, 11) is 0. The molecule has 2 fully saturated rings. The Morgan fingerprint density at radius 3 is 2.85 bits per heavy atom. The number of nitrogens with one attached hydrogen (secondary N) is 1. The minimum Gasteiger partial charge on any atom is -0.339 e. The summed E-state index contributed by atoms with van der Waals surface area (Å²) in [6, 6.07) is 3.73. The first-order chi connectivity index (χ1) is 12.6. The van der Waals surface area contributed by atoms with Gasteiger partial charge in [-0.15, -0.1) is 0 Å². The summed E-state index contributed by atoms with van der Waals surface area (Å²) in [5, 5.41) is 6.68. The molecular formula is C18H20F2N4O2. The van der Waals surface area contributed by atoms with Gasteiger partial charge in [0.2, 0.25) is 5.89 Å². The topological polar surface area (TPSA) is 71.3 Å². The third-order valence-corrected chi connectivity index (χ3v) is 4.93. The summed E-state index contributed by atoms with van der Waals surface area (Å²) in [4.78, 5) is 18.4. The maximum atomic E-state index is 13.5. The Bertz CT molecular complexity index is 806. The van der Waals surface area contributed by atoms with E-state index < -0.39 is 11.6 Å². The average Bonchev–Trinajstić information content (AvgIpc) is 3.40. The SMILES string of the molecule is O=C(NCc1noc(C2CC2)n1)N1CCCC(c2ccc(F)c(F)c2)C1. The van der Waals surface area contributed by atoms with Gasteiger partial charge in [0.05, 0.1) is 6.54 Å². The van der Waals surface area contributed by atoms with Gasteiger partial charge in [-0.2, -0.15) is 4.98 Å². The minimum absolute atomic E-state index is 0.00348. The summed E-state index contributed by atoms with van der Waals surface area (Å²) in [6.07, 6.45) is 3.80. The zero-order valence-corrected chi connectivity index (χ0v) is 14.3. The average molecular weight is 362 g/mol. The second-order valence-corrected chi connectivity index (χ2v) is 6.94. The molecule has 8 heteroatoms. The summed E-state index contributed by atoms with van der Waals surface area (Å²) in [5.41, 5.74) is 0.716. The third kappa shape index (κ3) is 3.68. The molecule has 1 aromatic heterocycles. The van der Waals surface area contributed by atoms with Crippen LogP contribution >= 0.6 is 0 Å². The number of hydrogen-bond acceptors (Lipinski definition) is 4. The Morgan fingerprint density at radius 1 is 1.23 bits per heavy atom. The van der Waals surface area contributed by atoms with Gasteiger partial charge in [0.15, 0.2) is 17.5 Å². The molecule has 1 saturated heterocycles. The van der Waals surface area contributed by atoms with Gasteiger partial charge in [-0.05, 0) is 43.4 Å². The van der Waals surface area contributed by atoms with Crippen molar-refractivity contribution >= 4 is 6.03 Å². The first-order valence-corrected chi connectivity index (χ1v) is 8.90. The molecule has 2 aromatic rings. The highest BCUT2D eigenvalue weighted by atomic mass is 19.2. The van der Waals surface area contributed by atoms with Crippen molar-refractivity contribution in [3.63, 3.8) is 0 Å². The number of benzene rings is 1. The standard InChI is InChI=1S/C18H20F2N4O2/c19-14-6-5-12(8-15(14)20)13-2-1-7-24(10-13)18(25)21-9-16-22-17(26-23-16)11-3-4-11/h5-6,8,11,13H,1-4,7,9-10H2,(H,21,25). The second-order valence-electron chi connectivity index (χ2n) is 6.94. The number of amides is 2. The molecule has 26 heavy (non-hydrogen) atoms. The lowest BCUT2D eigenvalue weighted by atomic mass is 9.90. The van der Waals surface area contributed by atoms with E-state index in [2.05, 4.69) is 15.5 Å². The zero-order valence-electron chi connectivity index (χ0n) is 14.3. The van der Waals surface area contributed by atoms with E-state index in [1.54, 1.807) is 11.0 Å². The molecule has 2 aliphatic rings. The quantitative estimate of drug-likeness (QED) is 0.906. The van der Waals surface area contributed by atoms with Gasteiger partial charge in [-0.3, -0.25) is 0 Å². The lowest BCUT2D eigenvalue weighted by molar-refractivity contribution is 0.178. The molecule has 4 rings (SSSR count). The van der Waals surface area contributed by atoms with E-state index in [9.17, 15) is 13.6 Å². The number of urea groups is 1. The molecule has 0 spiro atoms. The van der Waals surface area contributed by atoms with Crippen molar-refractivity contribution in [3.05, 3.63) is 47.1 Å². The second kappa shape index (κ2) is 7.01. The van der Waals surface area contributed by atoms with Gasteiger partial charge in [-0.1, -0.05) is 11.2 Å². The predicted molar refractivity (Wildman–Crippen MR) is 88.4 cm³/mol. The smallest absolute Gasteiger partial charge is 0.317 e. The van der Waals surface area contributed by atoms with E-state index in [0.29, 0.717) is 36.3 Å². The first-order valence-electron chi connectivity index (χ1n) is 8.90. The molecule has 1 aliphatic heterocycles. The number of carbonyl (C=O) groups is 1. The van der Waals surface area contributed by atoms with Crippen molar-refractivity contribution in [2.45, 2.75) is 44.1 Å². The Balaban J connectivity index is 1.34. The molecule has 138 valence electrons. The Morgan fingerprint density at radius 2 is 2.08 bits per heavy atom. The van der Waals surface area contributed by atoms with Crippen LogP contribution in [-0.4, -0.2) is 34.2 Å². The molecule has 6 nitrogen and oxygen atoms in total. The fourth-order valence-corrected chi connectivity index (χ4v) is 3.30. The number of piperidine rings is 1. The zero-order chi connectivity index (χ0) is 18.1. The van der Waals surface area contributed by atoms with E-state index in [1.165, 1.54) is 6.07 Å². The van der Waals surface area contributed by atoms with Crippen LogP contribution in [0.15, 0.2) is 22.7 Å². The van der Waals surface area contributed by atoms with Crippen LogP contribution in [0, 0.1) is 11.6 Å². The van der Waals surface area contributed by atoms with Gasteiger partial charge < -0.3 is 14.7 Å². The highest BCUT2D eigenvalue weighted by Crippen LogP contribution is 2.38. The van der Waals surface area contributed by atoms with Crippen molar-refractivity contribution in [1.82, 2.24) is 20.4 Å². The predicted octanol–water partition coefficient (Wildman–Crippen LogP) is 3.31. The summed E-state index contributed by atoms with van der Waals surface area (Å²) >= 11 is 0. The lowest BCUT2D eigenvalue weighted by Crippen LogP contribution is -2.44. The fraction of sp³-hybridized carbons (Fsp3) is 0.500. The number of likely N-dealkylation sites (tertiary alicyclic amines) is 1. The molecule has 1 saturated carbocycles. The molecular weight excluding hydrogens is 342 g/mol. The molecule has 2 amide bonds. The number of nitrogens with zero attached hydrogens (tertiary/aromatic N) is 3. The van der Waals surface area contributed by atoms with Crippen LogP contribution in [-0.2, 0) is 6.54 Å². The number of rotatable bonds is 4. The van der Waals surface area contributed by atoms with Gasteiger partial charge >= 0.3 is 6.03 Å². The van der Waals surface area contributed by atoms with Gasteiger partial charge in [0.1, 0.15) is 0 Å². The van der Waals surface area contributed by atoms with Crippen molar-refractivity contribution in [2.75, 3.05) is 13.1 Å². The minimum atomic E-state index is -0.857. The van der Waals surface area contributed by atoms with Crippen LogP contribution in [0.4, 0.5) is 13.6 Å². The van der Waals surface area contributed by atoms with E-state index in [4.69, 9.17) is 4.52 Å². The van der Waals surface area contributed by atoms with E-state index in [1.807, 2.05) is 0 Å². The molecule has 1 aliphatic carbocycles. The molecule has 1 unspecified atom stereocenters. The molecule has 1 atom stereocenters. The van der Waals surface area contributed by atoms with Crippen molar-refractivity contribution in [1.29, 1.82) is 0 Å². The normalized spacial score (nSPS) is 20.2. The Hall–Kier alpha value is -2.51. The van der Waals surface area contributed by atoms with E-state index in [0.717, 1.165) is 31.7 Å². The van der Waals surface area contributed by atoms with Crippen LogP contribution in [0.3, 0.4) is 0 Å². The van der Waals surface area contributed by atoms with Crippen LogP contribution in [0.25, 0.3) is 0 Å². The maximum Gasteiger partial charge on any atom is 0.317 e. The number of halogens is 2. The third-order valence-electron chi connectivity index (χ3n) is 4.93. The van der Waals surface area contributed by atoms with Crippen LogP contribution in [0.5, 0.6) is 0 Å². The first kappa shape index (κ1) is 16.9. The van der Waals surface area contributed by atoms with Crippen molar-refractivity contribution < 1.29 is 18.1 Å². The highest BCUT2D eigenvalue weighted by molar-refractivity contribution is 5.74. The van der Waals surface area contributed by atoms with Crippen LogP contribution in [0.2, 0.25) is 0 Å². The number of hydrogen-bond donors (Lipinski definition) is 1. The van der Waals surface area contributed by atoms with Gasteiger partial charge in [-0.25, -0.2) is 13.6 Å². The van der Waals surface area contributed by atoms with E-state index >= 15 is 0 Å². The monoisotopic (exact) mass is 362 g/mol. The molecule has 1 N–H and O–H groups in total. The number of aromatic nitrogens is 2. The fourth-order valence-electron chi connectivity index (χ4n) is 3.30. The van der Waals surface area contributed by atoms with Gasteiger partial charge in [0.25, 0.3) is 0 Å². The van der Waals surface area contributed by atoms with Crippen LogP contribution < -0.4 is 5.32 Å². The highest BCUT2D eigenvalue weighted by Gasteiger charge is 2.30. The largest absolute Gasteiger partial charge is 0.339 e. The van der Waals surface area contributed by atoms with Crippen molar-refractivity contribution in [2.24, 2.45) is 0 Å². The summed E-state index contributed by atoms with van der Waals surface area (Å²) < 4.78 is 31.8. The molecule has 0 bridgehead atoms. The van der Waals surface area contributed by atoms with Crippen molar-refractivity contribution in [3.8, 4) is 0 Å².